The van der Waals surface area contributed by atoms with E-state index >= 15 is 0 Å². The zero-order chi connectivity index (χ0) is 40.7. The van der Waals surface area contributed by atoms with E-state index < -0.39 is 87.1 Å². The molecule has 0 radical (unpaired) electrons. The van der Waals surface area contributed by atoms with Gasteiger partial charge in [-0.15, -0.1) is 0 Å². The van der Waals surface area contributed by atoms with E-state index in [2.05, 4.69) is 31.6 Å². The second-order valence-corrected chi connectivity index (χ2v) is 18.3. The van der Waals surface area contributed by atoms with Crippen LogP contribution in [0.3, 0.4) is 0 Å². The number of aromatic nitrogens is 1. The van der Waals surface area contributed by atoms with Crippen molar-refractivity contribution in [1.29, 1.82) is 0 Å². The lowest BCUT2D eigenvalue weighted by Crippen LogP contribution is -2.58. The fraction of sp³-hybridized carbons (Fsp3) is 0.730. The van der Waals surface area contributed by atoms with Crippen molar-refractivity contribution in [3.8, 4) is 0 Å². The Hall–Kier alpha value is -3.79. The molecule has 0 aliphatic heterocycles. The van der Waals surface area contributed by atoms with Gasteiger partial charge in [0.15, 0.2) is 0 Å². The highest BCUT2D eigenvalue weighted by Gasteiger charge is 2.34. The van der Waals surface area contributed by atoms with Gasteiger partial charge in [-0.25, -0.2) is 13.2 Å². The molecule has 0 aromatic carbocycles. The van der Waals surface area contributed by atoms with Crippen LogP contribution >= 0.6 is 0 Å². The van der Waals surface area contributed by atoms with Gasteiger partial charge in [-0.3, -0.25) is 24.2 Å². The summed E-state index contributed by atoms with van der Waals surface area (Å²) in [6.45, 7) is 17.9. The van der Waals surface area contributed by atoms with Gasteiger partial charge in [0, 0.05) is 31.1 Å². The van der Waals surface area contributed by atoms with Crippen molar-refractivity contribution in [1.82, 2.24) is 31.6 Å². The number of carbonyl (C=O) groups excluding carboxylic acids is 5. The van der Waals surface area contributed by atoms with E-state index in [0.29, 0.717) is 12.8 Å². The predicted octanol–water partition coefficient (Wildman–Crippen LogP) is 2.62. The van der Waals surface area contributed by atoms with Gasteiger partial charge in [-0.05, 0) is 75.8 Å². The topological polar surface area (TPSA) is 222 Å². The van der Waals surface area contributed by atoms with Crippen molar-refractivity contribution < 1.29 is 42.2 Å². The number of rotatable bonds is 21. The first-order valence-electron chi connectivity index (χ1n) is 18.3. The lowest BCUT2D eigenvalue weighted by molar-refractivity contribution is -0.132. The standard InChI is InChI=1S/C37H64N6O9S/c1-22(2)17-28(30(44)19-25(7)32(45)42-29(18-23(3)4)33(46)39-21-26-13-12-15-38-20-26)41-34(47)27(14-16-53(11,50)51)40-35(48)31(24(5)6)43-36(49)52-37(8,9)10/h12-13,15,20,22-25,27-31,44H,14,16-19,21H2,1-11H3,(H,39,46)(H,40,48)(H,41,47)(H,42,45)(H,43,49)/t25-,27+,28+,29+,30+,31+/m1/s1. The molecule has 16 heteroatoms. The number of carbonyl (C=O) groups is 5. The Morgan fingerprint density at radius 1 is 0.811 bits per heavy atom. The van der Waals surface area contributed by atoms with E-state index in [0.717, 1.165) is 11.8 Å². The number of hydrogen-bond acceptors (Lipinski definition) is 10. The molecule has 5 amide bonds. The summed E-state index contributed by atoms with van der Waals surface area (Å²) in [5, 5.41) is 24.9. The minimum absolute atomic E-state index is 0.00886. The molecule has 0 saturated heterocycles. The van der Waals surface area contributed by atoms with Crippen LogP contribution in [0, 0.1) is 23.7 Å². The second kappa shape index (κ2) is 21.8. The van der Waals surface area contributed by atoms with Crippen molar-refractivity contribution in [2.45, 2.75) is 137 Å². The van der Waals surface area contributed by atoms with Crippen LogP contribution < -0.4 is 26.6 Å². The third-order valence-electron chi connectivity index (χ3n) is 8.12. The van der Waals surface area contributed by atoms with Crippen molar-refractivity contribution in [3.05, 3.63) is 30.1 Å². The van der Waals surface area contributed by atoms with Crippen LogP contribution in [-0.2, 0) is 40.3 Å². The van der Waals surface area contributed by atoms with E-state index in [9.17, 15) is 37.5 Å². The van der Waals surface area contributed by atoms with Crippen molar-refractivity contribution in [2.24, 2.45) is 23.7 Å². The summed E-state index contributed by atoms with van der Waals surface area (Å²) in [7, 11) is -3.54. The summed E-state index contributed by atoms with van der Waals surface area (Å²) in [6, 6.07) is -0.533. The molecule has 1 aromatic heterocycles. The minimum Gasteiger partial charge on any atom is -0.444 e. The minimum atomic E-state index is -3.54. The summed E-state index contributed by atoms with van der Waals surface area (Å²) >= 11 is 0. The van der Waals surface area contributed by atoms with Crippen LogP contribution in [0.15, 0.2) is 24.5 Å². The highest BCUT2D eigenvalue weighted by Crippen LogP contribution is 2.18. The van der Waals surface area contributed by atoms with Crippen LogP contribution in [0.5, 0.6) is 0 Å². The number of ether oxygens (including phenoxy) is 1. The fourth-order valence-corrected chi connectivity index (χ4v) is 6.06. The average Bonchev–Trinajstić information content (AvgIpc) is 3.02. The molecule has 6 N–H and O–H groups in total. The van der Waals surface area contributed by atoms with Gasteiger partial charge < -0.3 is 36.4 Å². The Labute approximate surface area is 315 Å². The van der Waals surface area contributed by atoms with Crippen molar-refractivity contribution in [2.75, 3.05) is 12.0 Å². The summed E-state index contributed by atoms with van der Waals surface area (Å²) in [4.78, 5) is 70.1. The SMILES string of the molecule is CC(C)C[C@H](NC(=O)[C@H](C)C[C@H](O)[C@H](CC(C)C)NC(=O)[C@H](CCS(C)(=O)=O)NC(=O)[C@@H](NC(=O)OC(C)(C)C)C(C)C)C(=O)NCc1cccnc1. The Morgan fingerprint density at radius 3 is 1.92 bits per heavy atom. The van der Waals surface area contributed by atoms with E-state index in [-0.39, 0.29) is 37.1 Å². The third kappa shape index (κ3) is 19.7. The van der Waals surface area contributed by atoms with Crippen LogP contribution in [0.4, 0.5) is 4.79 Å². The van der Waals surface area contributed by atoms with E-state index in [4.69, 9.17) is 4.74 Å². The number of aliphatic hydroxyl groups excluding tert-OH is 1. The number of sulfone groups is 1. The van der Waals surface area contributed by atoms with Crippen LogP contribution in [0.2, 0.25) is 0 Å². The molecule has 0 aliphatic carbocycles. The van der Waals surface area contributed by atoms with Gasteiger partial charge in [0.05, 0.1) is 17.9 Å². The van der Waals surface area contributed by atoms with Crippen LogP contribution in [0.1, 0.15) is 100 Å². The molecule has 0 fully saturated rings. The van der Waals surface area contributed by atoms with Gasteiger partial charge in [0.2, 0.25) is 23.6 Å². The smallest absolute Gasteiger partial charge is 0.408 e. The molecule has 6 atom stereocenters. The van der Waals surface area contributed by atoms with Crippen molar-refractivity contribution >= 4 is 39.6 Å². The maximum Gasteiger partial charge on any atom is 0.408 e. The first-order valence-corrected chi connectivity index (χ1v) is 20.4. The average molecular weight is 769 g/mol. The number of nitrogens with zero attached hydrogens (tertiary/aromatic N) is 1. The lowest BCUT2D eigenvalue weighted by atomic mass is 9.91. The van der Waals surface area contributed by atoms with E-state index in [1.54, 1.807) is 60.0 Å². The number of aliphatic hydroxyl groups is 1. The third-order valence-corrected chi connectivity index (χ3v) is 9.10. The van der Waals surface area contributed by atoms with Crippen LogP contribution in [0.25, 0.3) is 0 Å². The van der Waals surface area contributed by atoms with Crippen molar-refractivity contribution in [3.63, 3.8) is 0 Å². The largest absolute Gasteiger partial charge is 0.444 e. The Morgan fingerprint density at radius 2 is 1.42 bits per heavy atom. The number of pyridine rings is 1. The summed E-state index contributed by atoms with van der Waals surface area (Å²) in [5.41, 5.74) is -0.0179. The number of nitrogens with one attached hydrogen (secondary N) is 5. The maximum atomic E-state index is 13.7. The number of hydrogen-bond donors (Lipinski definition) is 6. The van der Waals surface area contributed by atoms with E-state index in [1.807, 2.05) is 33.8 Å². The second-order valence-electron chi connectivity index (χ2n) is 16.1. The lowest BCUT2D eigenvalue weighted by Gasteiger charge is -2.31. The highest BCUT2D eigenvalue weighted by atomic mass is 32.2. The zero-order valence-electron chi connectivity index (χ0n) is 33.3. The van der Waals surface area contributed by atoms with Gasteiger partial charge in [0.25, 0.3) is 0 Å². The highest BCUT2D eigenvalue weighted by molar-refractivity contribution is 7.90. The molecular formula is C37H64N6O9S. The van der Waals surface area contributed by atoms with Crippen LogP contribution in [-0.4, -0.2) is 96.1 Å². The predicted molar refractivity (Wildman–Crippen MR) is 203 cm³/mol. The molecule has 15 nitrogen and oxygen atoms in total. The van der Waals surface area contributed by atoms with Gasteiger partial charge in [0.1, 0.15) is 33.6 Å². The monoisotopic (exact) mass is 768 g/mol. The molecule has 0 unspecified atom stereocenters. The quantitative estimate of drug-likeness (QED) is 0.107. The molecule has 0 bridgehead atoms. The molecule has 0 saturated carbocycles. The summed E-state index contributed by atoms with van der Waals surface area (Å²) < 4.78 is 29.4. The Balaban J connectivity index is 3.13. The summed E-state index contributed by atoms with van der Waals surface area (Å²) in [6.07, 6.45) is 2.59. The summed E-state index contributed by atoms with van der Waals surface area (Å²) in [5.74, 6) is -3.76. The van der Waals surface area contributed by atoms with E-state index in [1.165, 1.54) is 0 Å². The molecule has 53 heavy (non-hydrogen) atoms. The molecule has 302 valence electrons. The molecule has 0 aliphatic rings. The van der Waals surface area contributed by atoms with Gasteiger partial charge >= 0.3 is 6.09 Å². The van der Waals surface area contributed by atoms with Gasteiger partial charge in [-0.2, -0.15) is 0 Å². The van der Waals surface area contributed by atoms with Gasteiger partial charge in [-0.1, -0.05) is 54.5 Å². The normalized spacial score (nSPS) is 15.5. The molecule has 1 aromatic rings. The number of alkyl carbamates (subject to hydrolysis) is 1. The first kappa shape index (κ1) is 47.2. The Bertz CT molecular complexity index is 1450. The Kier molecular flexibility index (Phi) is 19.4. The zero-order valence-corrected chi connectivity index (χ0v) is 34.1. The molecular weight excluding hydrogens is 705 g/mol. The first-order chi connectivity index (χ1) is 24.4. The molecule has 1 rings (SSSR count). The maximum absolute atomic E-state index is 13.7. The molecule has 1 heterocycles. The fourth-order valence-electron chi connectivity index (χ4n) is 5.40. The molecule has 0 spiro atoms. The number of amides is 5.